The largest absolute Gasteiger partial charge is 0.491 e. The van der Waals surface area contributed by atoms with Gasteiger partial charge in [-0.25, -0.2) is 0 Å². The van der Waals surface area contributed by atoms with E-state index in [-0.39, 0.29) is 6.10 Å². The van der Waals surface area contributed by atoms with E-state index in [1.807, 2.05) is 12.1 Å². The molecule has 0 aliphatic rings. The quantitative estimate of drug-likeness (QED) is 0.698. The van der Waals surface area contributed by atoms with Crippen molar-refractivity contribution in [3.8, 4) is 5.75 Å². The van der Waals surface area contributed by atoms with Crippen molar-refractivity contribution in [1.82, 2.24) is 5.32 Å². The van der Waals surface area contributed by atoms with Crippen LogP contribution in [0.1, 0.15) is 25.0 Å². The van der Waals surface area contributed by atoms with Gasteiger partial charge in [0.25, 0.3) is 0 Å². The summed E-state index contributed by atoms with van der Waals surface area (Å²) in [6, 6.07) is 23.3. The fraction of sp³-hybridized carbons (Fsp3) is 0.238. The number of hydrogen-bond acceptors (Lipinski definition) is 2. The summed E-state index contributed by atoms with van der Waals surface area (Å²) in [5.41, 5.74) is 2.49. The molecule has 23 heavy (non-hydrogen) atoms. The van der Waals surface area contributed by atoms with Gasteiger partial charge in [0.15, 0.2) is 0 Å². The maximum atomic E-state index is 5.87. The molecule has 0 fully saturated rings. The minimum absolute atomic E-state index is 0.191. The Labute approximate surface area is 138 Å². The van der Waals surface area contributed by atoms with Crippen LogP contribution in [0.3, 0.4) is 0 Å². The van der Waals surface area contributed by atoms with Gasteiger partial charge in [-0.1, -0.05) is 54.6 Å². The summed E-state index contributed by atoms with van der Waals surface area (Å²) in [4.78, 5) is 0. The highest BCUT2D eigenvalue weighted by Gasteiger charge is 2.04. The van der Waals surface area contributed by atoms with Gasteiger partial charge in [0.1, 0.15) is 5.75 Å². The summed E-state index contributed by atoms with van der Waals surface area (Å²) in [6.45, 7) is 5.76. The second-order valence-electron chi connectivity index (χ2n) is 6.06. The maximum Gasteiger partial charge on any atom is 0.124 e. The molecule has 0 spiro atoms. The number of para-hydroxylation sites is 1. The Balaban J connectivity index is 1.64. The zero-order chi connectivity index (χ0) is 16.1. The van der Waals surface area contributed by atoms with E-state index in [1.54, 1.807) is 0 Å². The van der Waals surface area contributed by atoms with Crippen LogP contribution < -0.4 is 10.1 Å². The highest BCUT2D eigenvalue weighted by molar-refractivity contribution is 5.82. The van der Waals surface area contributed by atoms with Crippen molar-refractivity contribution in [3.63, 3.8) is 0 Å². The Bertz CT molecular complexity index is 779. The number of rotatable bonds is 6. The summed E-state index contributed by atoms with van der Waals surface area (Å²) < 4.78 is 5.87. The summed E-state index contributed by atoms with van der Waals surface area (Å²) in [6.07, 6.45) is 0.191. The number of ether oxygens (including phenoxy) is 1. The van der Waals surface area contributed by atoms with Crippen LogP contribution in [-0.4, -0.2) is 6.10 Å². The van der Waals surface area contributed by atoms with Gasteiger partial charge in [0.2, 0.25) is 0 Å². The van der Waals surface area contributed by atoms with Gasteiger partial charge >= 0.3 is 0 Å². The highest BCUT2D eigenvalue weighted by Crippen LogP contribution is 2.20. The molecule has 0 aliphatic heterocycles. The molecule has 3 rings (SSSR count). The van der Waals surface area contributed by atoms with E-state index >= 15 is 0 Å². The molecule has 0 bridgehead atoms. The van der Waals surface area contributed by atoms with Crippen molar-refractivity contribution >= 4 is 10.8 Å². The average molecular weight is 305 g/mol. The second-order valence-corrected chi connectivity index (χ2v) is 6.06. The lowest BCUT2D eigenvalue weighted by molar-refractivity contribution is 0.239. The molecular formula is C21H23NO. The molecule has 0 amide bonds. The van der Waals surface area contributed by atoms with Gasteiger partial charge in [-0.05, 0) is 42.3 Å². The first-order chi connectivity index (χ1) is 11.2. The van der Waals surface area contributed by atoms with Crippen LogP contribution in [-0.2, 0) is 13.1 Å². The number of hydrogen-bond donors (Lipinski definition) is 1. The fourth-order valence-electron chi connectivity index (χ4n) is 2.71. The van der Waals surface area contributed by atoms with Gasteiger partial charge in [0, 0.05) is 18.7 Å². The van der Waals surface area contributed by atoms with Crippen molar-refractivity contribution in [1.29, 1.82) is 0 Å². The molecule has 0 unspecified atom stereocenters. The molecule has 0 aliphatic carbocycles. The minimum atomic E-state index is 0.191. The van der Waals surface area contributed by atoms with E-state index < -0.39 is 0 Å². The predicted octanol–water partition coefficient (Wildman–Crippen LogP) is 4.92. The molecular weight excluding hydrogens is 282 g/mol. The second kappa shape index (κ2) is 7.30. The zero-order valence-electron chi connectivity index (χ0n) is 13.8. The van der Waals surface area contributed by atoms with E-state index in [4.69, 9.17) is 4.74 Å². The fourth-order valence-corrected chi connectivity index (χ4v) is 2.71. The molecule has 0 saturated heterocycles. The van der Waals surface area contributed by atoms with E-state index in [2.05, 4.69) is 73.8 Å². The molecule has 0 heterocycles. The first-order valence-corrected chi connectivity index (χ1v) is 8.15. The highest BCUT2D eigenvalue weighted by atomic mass is 16.5. The summed E-state index contributed by atoms with van der Waals surface area (Å²) in [5, 5.41) is 6.09. The van der Waals surface area contributed by atoms with Gasteiger partial charge in [-0.2, -0.15) is 0 Å². The van der Waals surface area contributed by atoms with Crippen LogP contribution in [0.2, 0.25) is 0 Å². The minimum Gasteiger partial charge on any atom is -0.491 e. The van der Waals surface area contributed by atoms with Crippen LogP contribution in [0.4, 0.5) is 0 Å². The molecule has 0 atom stereocenters. The van der Waals surface area contributed by atoms with Crippen molar-refractivity contribution < 1.29 is 4.74 Å². The molecule has 1 N–H and O–H groups in total. The number of benzene rings is 3. The van der Waals surface area contributed by atoms with Crippen LogP contribution in [0.5, 0.6) is 5.75 Å². The van der Waals surface area contributed by atoms with Crippen LogP contribution in [0.15, 0.2) is 66.7 Å². The lowest BCUT2D eigenvalue weighted by Gasteiger charge is -2.14. The molecule has 0 saturated carbocycles. The smallest absolute Gasteiger partial charge is 0.124 e. The summed E-state index contributed by atoms with van der Waals surface area (Å²) in [5.74, 6) is 0.966. The van der Waals surface area contributed by atoms with E-state index in [0.29, 0.717) is 0 Å². The van der Waals surface area contributed by atoms with Gasteiger partial charge in [-0.3, -0.25) is 0 Å². The van der Waals surface area contributed by atoms with Crippen LogP contribution in [0, 0.1) is 0 Å². The third-order valence-corrected chi connectivity index (χ3v) is 3.79. The molecule has 118 valence electrons. The van der Waals surface area contributed by atoms with Crippen molar-refractivity contribution in [2.75, 3.05) is 0 Å². The van der Waals surface area contributed by atoms with Gasteiger partial charge < -0.3 is 10.1 Å². The first kappa shape index (κ1) is 15.6. The normalized spacial score (nSPS) is 11.1. The average Bonchev–Trinajstić information content (AvgIpc) is 2.56. The zero-order valence-corrected chi connectivity index (χ0v) is 13.8. The molecule has 3 aromatic rings. The molecule has 0 aromatic heterocycles. The Morgan fingerprint density at radius 1 is 0.826 bits per heavy atom. The SMILES string of the molecule is CC(C)Oc1ccccc1CNCc1ccc2ccccc2c1. The Morgan fingerprint density at radius 2 is 1.57 bits per heavy atom. The van der Waals surface area contributed by atoms with Crippen LogP contribution >= 0.6 is 0 Å². The van der Waals surface area contributed by atoms with E-state index in [1.165, 1.54) is 21.9 Å². The third kappa shape index (κ3) is 4.11. The molecule has 2 heteroatoms. The molecule has 2 nitrogen and oxygen atoms in total. The van der Waals surface area contributed by atoms with Crippen molar-refractivity contribution in [3.05, 3.63) is 77.9 Å². The molecule has 0 radical (unpaired) electrons. The van der Waals surface area contributed by atoms with Crippen LogP contribution in [0.25, 0.3) is 10.8 Å². The Hall–Kier alpha value is -2.32. The predicted molar refractivity (Wildman–Crippen MR) is 96.7 cm³/mol. The lowest BCUT2D eigenvalue weighted by atomic mass is 10.1. The first-order valence-electron chi connectivity index (χ1n) is 8.15. The lowest BCUT2D eigenvalue weighted by Crippen LogP contribution is -2.15. The topological polar surface area (TPSA) is 21.3 Å². The van der Waals surface area contributed by atoms with Gasteiger partial charge in [-0.15, -0.1) is 0 Å². The van der Waals surface area contributed by atoms with Gasteiger partial charge in [0.05, 0.1) is 6.10 Å². The monoisotopic (exact) mass is 305 g/mol. The Morgan fingerprint density at radius 3 is 2.39 bits per heavy atom. The third-order valence-electron chi connectivity index (χ3n) is 3.79. The van der Waals surface area contributed by atoms with E-state index in [0.717, 1.165) is 18.8 Å². The number of nitrogens with one attached hydrogen (secondary N) is 1. The number of fused-ring (bicyclic) bond motifs is 1. The maximum absolute atomic E-state index is 5.87. The standard InChI is InChI=1S/C21H23NO/c1-16(2)23-21-10-6-5-9-20(21)15-22-14-17-11-12-18-7-3-4-8-19(18)13-17/h3-13,16,22H,14-15H2,1-2H3. The van der Waals surface area contributed by atoms with Crippen molar-refractivity contribution in [2.45, 2.75) is 33.0 Å². The summed E-state index contributed by atoms with van der Waals surface area (Å²) in [7, 11) is 0. The van der Waals surface area contributed by atoms with Crippen molar-refractivity contribution in [2.24, 2.45) is 0 Å². The van der Waals surface area contributed by atoms with E-state index in [9.17, 15) is 0 Å². The Kier molecular flexibility index (Phi) is 4.94. The summed E-state index contributed by atoms with van der Waals surface area (Å²) >= 11 is 0. The molecule has 3 aromatic carbocycles.